The van der Waals surface area contributed by atoms with Crippen LogP contribution in [0.1, 0.15) is 20.3 Å². The van der Waals surface area contributed by atoms with Gasteiger partial charge in [0.05, 0.1) is 0 Å². The number of ether oxygens (including phenoxy) is 2. The van der Waals surface area contributed by atoms with Gasteiger partial charge in [0, 0.05) is 15.7 Å². The molecule has 2 aromatic carbocycles. The second-order valence-corrected chi connectivity index (χ2v) is 9.33. The van der Waals surface area contributed by atoms with Crippen molar-refractivity contribution in [3.8, 4) is 22.1 Å². The third-order valence-electron chi connectivity index (χ3n) is 5.16. The molecule has 0 spiro atoms. The van der Waals surface area contributed by atoms with E-state index < -0.39 is 12.1 Å². The molecule has 0 aliphatic carbocycles. The fraction of sp³-hybridized carbons (Fsp3) is 0.273. The lowest BCUT2D eigenvalue weighted by Crippen LogP contribution is -2.49. The van der Waals surface area contributed by atoms with Gasteiger partial charge in [-0.3, -0.25) is 10.1 Å². The Morgan fingerprint density at radius 3 is 2.61 bits per heavy atom. The fourth-order valence-corrected chi connectivity index (χ4v) is 4.15. The molecule has 9 nitrogen and oxygen atoms in total. The minimum Gasteiger partial charge on any atom is -0.454 e. The number of carbonyl (C=O) groups excluding carboxylic acids is 2. The molecule has 1 aliphatic heterocycles. The van der Waals surface area contributed by atoms with Crippen molar-refractivity contribution >= 4 is 50.0 Å². The molecular formula is C22H22BrN5O4S. The van der Waals surface area contributed by atoms with Crippen LogP contribution >= 0.6 is 27.3 Å². The second kappa shape index (κ2) is 10.2. The number of aromatic nitrogens is 2. The Morgan fingerprint density at radius 1 is 1.09 bits per heavy atom. The molecule has 1 aliphatic rings. The molecule has 11 heteroatoms. The van der Waals surface area contributed by atoms with Crippen molar-refractivity contribution in [3.05, 3.63) is 46.9 Å². The van der Waals surface area contributed by atoms with Gasteiger partial charge in [-0.15, -0.1) is 10.2 Å². The zero-order valence-corrected chi connectivity index (χ0v) is 20.3. The Kier molecular flexibility index (Phi) is 7.09. The predicted octanol–water partition coefficient (Wildman–Crippen LogP) is 4.87. The molecule has 0 saturated carbocycles. The summed E-state index contributed by atoms with van der Waals surface area (Å²) in [6.07, 6.45) is 0.704. The molecule has 3 N–H and O–H groups in total. The second-order valence-electron chi connectivity index (χ2n) is 7.44. The first-order chi connectivity index (χ1) is 15.9. The number of hydrogen-bond donors (Lipinski definition) is 3. The summed E-state index contributed by atoms with van der Waals surface area (Å²) in [6, 6.07) is 11.5. The van der Waals surface area contributed by atoms with E-state index in [1.165, 1.54) is 11.3 Å². The van der Waals surface area contributed by atoms with E-state index in [0.717, 1.165) is 10.0 Å². The summed E-state index contributed by atoms with van der Waals surface area (Å²) in [5.74, 6) is 0.873. The van der Waals surface area contributed by atoms with Crippen molar-refractivity contribution in [2.24, 2.45) is 5.92 Å². The Labute approximate surface area is 203 Å². The molecule has 0 radical (unpaired) electrons. The third kappa shape index (κ3) is 5.60. The lowest BCUT2D eigenvalue weighted by molar-refractivity contribution is -0.119. The Balaban J connectivity index is 1.42. The van der Waals surface area contributed by atoms with E-state index in [-0.39, 0.29) is 18.6 Å². The van der Waals surface area contributed by atoms with Gasteiger partial charge < -0.3 is 20.1 Å². The summed E-state index contributed by atoms with van der Waals surface area (Å²) < 4.78 is 11.6. The first kappa shape index (κ1) is 23.0. The van der Waals surface area contributed by atoms with Gasteiger partial charge in [-0.05, 0) is 48.4 Å². The quantitative estimate of drug-likeness (QED) is 0.400. The number of nitrogens with one attached hydrogen (secondary N) is 3. The van der Waals surface area contributed by atoms with Crippen LogP contribution in [0.15, 0.2) is 46.9 Å². The van der Waals surface area contributed by atoms with Gasteiger partial charge >= 0.3 is 6.03 Å². The largest absolute Gasteiger partial charge is 0.454 e. The number of rotatable bonds is 7. The summed E-state index contributed by atoms with van der Waals surface area (Å²) in [6.45, 7) is 4.06. The lowest BCUT2D eigenvalue weighted by Gasteiger charge is -2.23. The molecule has 2 atom stereocenters. The highest BCUT2D eigenvalue weighted by Gasteiger charge is 2.27. The lowest BCUT2D eigenvalue weighted by atomic mass is 9.98. The number of amides is 3. The Bertz CT molecular complexity index is 1150. The zero-order chi connectivity index (χ0) is 23.4. The minimum absolute atomic E-state index is 0.0954. The van der Waals surface area contributed by atoms with Gasteiger partial charge in [-0.25, -0.2) is 4.79 Å². The van der Waals surface area contributed by atoms with Gasteiger partial charge in [0.1, 0.15) is 11.0 Å². The molecule has 1 aromatic heterocycles. The standard InChI is InChI=1S/C22H22BrN5O4S/c1-3-12(2)18(25-21(30)24-15-7-5-14(23)6-8-15)19(29)26-22-28-27-20(33-22)13-4-9-16-17(10-13)32-11-31-16/h4-10,12,18H,3,11H2,1-2H3,(H2,24,25,30)(H,26,28,29)/t12-,18-/m0/s1. The van der Waals surface area contributed by atoms with Crippen LogP contribution in [0.2, 0.25) is 0 Å². The van der Waals surface area contributed by atoms with E-state index in [9.17, 15) is 9.59 Å². The maximum absolute atomic E-state index is 13.0. The van der Waals surface area contributed by atoms with Gasteiger partial charge in [-0.1, -0.05) is 47.5 Å². The number of hydrogen-bond acceptors (Lipinski definition) is 7. The van der Waals surface area contributed by atoms with Crippen molar-refractivity contribution in [3.63, 3.8) is 0 Å². The molecule has 3 aromatic rings. The highest BCUT2D eigenvalue weighted by Crippen LogP contribution is 2.37. The van der Waals surface area contributed by atoms with E-state index in [1.54, 1.807) is 12.1 Å². The molecular weight excluding hydrogens is 510 g/mol. The molecule has 0 bridgehead atoms. The van der Waals surface area contributed by atoms with Crippen LogP contribution in [0.5, 0.6) is 11.5 Å². The van der Waals surface area contributed by atoms with Crippen LogP contribution < -0.4 is 25.4 Å². The van der Waals surface area contributed by atoms with Crippen molar-refractivity contribution in [1.82, 2.24) is 15.5 Å². The molecule has 172 valence electrons. The topological polar surface area (TPSA) is 114 Å². The smallest absolute Gasteiger partial charge is 0.319 e. The molecule has 0 saturated heterocycles. The fourth-order valence-electron chi connectivity index (χ4n) is 3.15. The first-order valence-electron chi connectivity index (χ1n) is 10.3. The van der Waals surface area contributed by atoms with Crippen molar-refractivity contribution in [2.45, 2.75) is 26.3 Å². The minimum atomic E-state index is -0.747. The number of anilines is 2. The van der Waals surface area contributed by atoms with Crippen LogP contribution in [-0.2, 0) is 4.79 Å². The van der Waals surface area contributed by atoms with Crippen LogP contribution in [0.25, 0.3) is 10.6 Å². The van der Waals surface area contributed by atoms with E-state index in [0.29, 0.717) is 33.7 Å². The summed E-state index contributed by atoms with van der Waals surface area (Å²) in [4.78, 5) is 25.5. The van der Waals surface area contributed by atoms with Crippen LogP contribution in [0, 0.1) is 5.92 Å². The number of carbonyl (C=O) groups is 2. The predicted molar refractivity (Wildman–Crippen MR) is 130 cm³/mol. The summed E-state index contributed by atoms with van der Waals surface area (Å²) in [7, 11) is 0. The molecule has 33 heavy (non-hydrogen) atoms. The summed E-state index contributed by atoms with van der Waals surface area (Å²) >= 11 is 4.59. The number of halogens is 1. The van der Waals surface area contributed by atoms with E-state index in [2.05, 4.69) is 42.1 Å². The van der Waals surface area contributed by atoms with Crippen LogP contribution in [0.3, 0.4) is 0 Å². The Hall–Kier alpha value is -3.18. The molecule has 3 amide bonds. The SMILES string of the molecule is CC[C@H](C)[C@H](NC(=O)Nc1ccc(Br)cc1)C(=O)Nc1nnc(-c2ccc3c(c2)OCO3)s1. The van der Waals surface area contributed by atoms with Crippen LogP contribution in [-0.4, -0.2) is 35.0 Å². The maximum Gasteiger partial charge on any atom is 0.319 e. The summed E-state index contributed by atoms with van der Waals surface area (Å²) in [5, 5.41) is 17.5. The van der Waals surface area contributed by atoms with E-state index >= 15 is 0 Å². The Morgan fingerprint density at radius 2 is 1.85 bits per heavy atom. The van der Waals surface area contributed by atoms with Crippen molar-refractivity contribution in [2.75, 3.05) is 17.4 Å². The van der Waals surface area contributed by atoms with E-state index in [4.69, 9.17) is 9.47 Å². The van der Waals surface area contributed by atoms with Gasteiger partial charge in [0.2, 0.25) is 17.8 Å². The number of fused-ring (bicyclic) bond motifs is 1. The highest BCUT2D eigenvalue weighted by molar-refractivity contribution is 9.10. The van der Waals surface area contributed by atoms with Gasteiger partial charge in [0.15, 0.2) is 11.5 Å². The average Bonchev–Trinajstić information content (AvgIpc) is 3.47. The molecule has 4 rings (SSSR count). The summed E-state index contributed by atoms with van der Waals surface area (Å²) in [5.41, 5.74) is 1.43. The van der Waals surface area contributed by atoms with Crippen LogP contribution in [0.4, 0.5) is 15.6 Å². The molecule has 0 unspecified atom stereocenters. The molecule has 0 fully saturated rings. The zero-order valence-electron chi connectivity index (χ0n) is 17.9. The first-order valence-corrected chi connectivity index (χ1v) is 11.9. The van der Waals surface area contributed by atoms with Crippen molar-refractivity contribution in [1.29, 1.82) is 0 Å². The van der Waals surface area contributed by atoms with Gasteiger partial charge in [-0.2, -0.15) is 0 Å². The third-order valence-corrected chi connectivity index (χ3v) is 6.58. The van der Waals surface area contributed by atoms with E-state index in [1.807, 2.05) is 44.2 Å². The van der Waals surface area contributed by atoms with Gasteiger partial charge in [0.25, 0.3) is 0 Å². The number of benzene rings is 2. The van der Waals surface area contributed by atoms with Crippen molar-refractivity contribution < 1.29 is 19.1 Å². The highest BCUT2D eigenvalue weighted by atomic mass is 79.9. The monoisotopic (exact) mass is 531 g/mol. The number of urea groups is 1. The normalized spacial score (nSPS) is 13.8. The average molecular weight is 532 g/mol. The molecule has 2 heterocycles. The maximum atomic E-state index is 13.0. The number of nitrogens with zero attached hydrogens (tertiary/aromatic N) is 2.